The molecule has 0 fully saturated rings. The highest BCUT2D eigenvalue weighted by molar-refractivity contribution is 6.07. The van der Waals surface area contributed by atoms with Crippen molar-refractivity contribution in [2.24, 2.45) is 5.92 Å². The fourth-order valence-corrected chi connectivity index (χ4v) is 3.62. The quantitative estimate of drug-likeness (QED) is 0.735. The molecule has 0 bridgehead atoms. The Morgan fingerprint density at radius 2 is 2.03 bits per heavy atom. The van der Waals surface area contributed by atoms with E-state index in [4.69, 9.17) is 4.74 Å². The molecule has 166 valence electrons. The van der Waals surface area contributed by atoms with E-state index in [1.54, 1.807) is 47.6 Å². The number of aliphatic hydroxyl groups excluding tert-OH is 1. The number of anilines is 1. The number of benzene rings is 1. The van der Waals surface area contributed by atoms with E-state index in [0.717, 1.165) is 0 Å². The summed E-state index contributed by atoms with van der Waals surface area (Å²) in [5, 5.41) is 12.6. The van der Waals surface area contributed by atoms with Crippen LogP contribution in [0.1, 0.15) is 34.6 Å². The molecule has 2 heterocycles. The number of amides is 2. The molecule has 2 amide bonds. The zero-order chi connectivity index (χ0) is 22.5. The molecule has 1 aliphatic rings. The number of aromatic nitrogens is 1. The van der Waals surface area contributed by atoms with Crippen molar-refractivity contribution in [2.45, 2.75) is 26.0 Å². The van der Waals surface area contributed by atoms with Crippen LogP contribution in [0, 0.1) is 5.92 Å². The van der Waals surface area contributed by atoms with Crippen LogP contribution in [0.5, 0.6) is 5.75 Å². The van der Waals surface area contributed by atoms with Crippen LogP contribution in [-0.4, -0.2) is 77.6 Å². The minimum absolute atomic E-state index is 0.0115. The van der Waals surface area contributed by atoms with E-state index in [2.05, 4.69) is 10.3 Å². The molecular weight excluding hydrogens is 396 g/mol. The normalized spacial score (nSPS) is 19.8. The van der Waals surface area contributed by atoms with Gasteiger partial charge in [-0.25, -0.2) is 0 Å². The summed E-state index contributed by atoms with van der Waals surface area (Å²) in [4.78, 5) is 33.8. The molecule has 0 saturated carbocycles. The average molecular weight is 427 g/mol. The van der Waals surface area contributed by atoms with Crippen LogP contribution in [0.25, 0.3) is 0 Å². The van der Waals surface area contributed by atoms with Gasteiger partial charge in [-0.05, 0) is 45.3 Å². The lowest BCUT2D eigenvalue weighted by atomic mass is 9.99. The molecule has 2 N–H and O–H groups in total. The Hall–Kier alpha value is -2.97. The summed E-state index contributed by atoms with van der Waals surface area (Å²) in [6.45, 7) is 4.82. The molecule has 1 aliphatic heterocycles. The number of hydrogen-bond acceptors (Lipinski definition) is 6. The van der Waals surface area contributed by atoms with Gasteiger partial charge in [0, 0.05) is 37.0 Å². The molecular formula is C23H30N4O4. The first-order valence-electron chi connectivity index (χ1n) is 10.4. The molecule has 1 aromatic heterocycles. The van der Waals surface area contributed by atoms with Crippen LogP contribution in [-0.2, 0) is 0 Å². The number of rotatable bonds is 6. The number of ether oxygens (including phenoxy) is 1. The van der Waals surface area contributed by atoms with Crippen LogP contribution in [0.15, 0.2) is 42.7 Å². The second-order valence-electron chi connectivity index (χ2n) is 8.26. The standard InChI is InChI=1S/C23H30N4O4/c1-15-12-27(16(2)14-28)23(30)18-6-5-7-19(21(18)31-20(15)13-26(3)4)25-22(29)17-8-10-24-11-9-17/h5-11,15-16,20,28H,12-14H2,1-4H3,(H,25,29)/t15-,16+,20-/m0/s1. The van der Waals surface area contributed by atoms with Gasteiger partial charge in [0.25, 0.3) is 11.8 Å². The fourth-order valence-electron chi connectivity index (χ4n) is 3.62. The van der Waals surface area contributed by atoms with E-state index in [1.165, 1.54) is 0 Å². The minimum atomic E-state index is -0.337. The Labute approximate surface area is 182 Å². The number of carbonyl (C=O) groups is 2. The van der Waals surface area contributed by atoms with Gasteiger partial charge in [0.05, 0.1) is 23.9 Å². The highest BCUT2D eigenvalue weighted by Gasteiger charge is 2.34. The van der Waals surface area contributed by atoms with Crippen molar-refractivity contribution in [3.05, 3.63) is 53.9 Å². The Bertz CT molecular complexity index is 919. The molecule has 2 aromatic rings. The van der Waals surface area contributed by atoms with Gasteiger partial charge >= 0.3 is 0 Å². The van der Waals surface area contributed by atoms with E-state index in [9.17, 15) is 14.7 Å². The minimum Gasteiger partial charge on any atom is -0.486 e. The number of nitrogens with zero attached hydrogens (tertiary/aromatic N) is 3. The Morgan fingerprint density at radius 1 is 1.32 bits per heavy atom. The van der Waals surface area contributed by atoms with Gasteiger partial charge in [0.15, 0.2) is 5.75 Å². The molecule has 31 heavy (non-hydrogen) atoms. The van der Waals surface area contributed by atoms with Crippen molar-refractivity contribution in [3.8, 4) is 5.75 Å². The Balaban J connectivity index is 2.04. The molecule has 0 saturated heterocycles. The number of pyridine rings is 1. The van der Waals surface area contributed by atoms with E-state index in [-0.39, 0.29) is 36.5 Å². The number of hydrogen-bond donors (Lipinski definition) is 2. The fraction of sp³-hybridized carbons (Fsp3) is 0.435. The van der Waals surface area contributed by atoms with E-state index in [0.29, 0.717) is 35.7 Å². The van der Waals surface area contributed by atoms with Crippen LogP contribution in [0.2, 0.25) is 0 Å². The molecule has 0 aliphatic carbocycles. The maximum absolute atomic E-state index is 13.4. The number of likely N-dealkylation sites (N-methyl/N-ethyl adjacent to an activating group) is 1. The van der Waals surface area contributed by atoms with Gasteiger partial charge in [-0.2, -0.15) is 0 Å². The van der Waals surface area contributed by atoms with E-state index in [1.807, 2.05) is 32.8 Å². The van der Waals surface area contributed by atoms with Crippen LogP contribution >= 0.6 is 0 Å². The topological polar surface area (TPSA) is 95.0 Å². The molecule has 0 spiro atoms. The Morgan fingerprint density at radius 3 is 2.68 bits per heavy atom. The van der Waals surface area contributed by atoms with Crippen molar-refractivity contribution < 1.29 is 19.4 Å². The van der Waals surface area contributed by atoms with Crippen molar-refractivity contribution in [1.82, 2.24) is 14.8 Å². The predicted molar refractivity (Wildman–Crippen MR) is 118 cm³/mol. The number of para-hydroxylation sites is 1. The summed E-state index contributed by atoms with van der Waals surface area (Å²) in [5.41, 5.74) is 1.25. The molecule has 1 aromatic carbocycles. The molecule has 8 heteroatoms. The first-order chi connectivity index (χ1) is 14.8. The summed E-state index contributed by atoms with van der Waals surface area (Å²) in [6.07, 6.45) is 2.88. The third kappa shape index (κ3) is 5.21. The van der Waals surface area contributed by atoms with Gasteiger partial charge in [-0.3, -0.25) is 14.6 Å². The van der Waals surface area contributed by atoms with Gasteiger partial charge in [0.1, 0.15) is 6.10 Å². The van der Waals surface area contributed by atoms with Crippen LogP contribution in [0.4, 0.5) is 5.69 Å². The largest absolute Gasteiger partial charge is 0.486 e. The second kappa shape index (κ2) is 9.89. The van der Waals surface area contributed by atoms with Crippen molar-refractivity contribution >= 4 is 17.5 Å². The van der Waals surface area contributed by atoms with Gasteiger partial charge in [-0.1, -0.05) is 13.0 Å². The van der Waals surface area contributed by atoms with Crippen molar-refractivity contribution in [3.63, 3.8) is 0 Å². The summed E-state index contributed by atoms with van der Waals surface area (Å²) >= 11 is 0. The molecule has 0 unspecified atom stereocenters. The average Bonchev–Trinajstić information content (AvgIpc) is 2.76. The smallest absolute Gasteiger partial charge is 0.258 e. The third-order valence-corrected chi connectivity index (χ3v) is 5.43. The lowest BCUT2D eigenvalue weighted by Crippen LogP contribution is -2.49. The van der Waals surface area contributed by atoms with Crippen molar-refractivity contribution in [1.29, 1.82) is 0 Å². The lowest BCUT2D eigenvalue weighted by molar-refractivity contribution is 0.0365. The number of aliphatic hydroxyl groups is 1. The van der Waals surface area contributed by atoms with E-state index < -0.39 is 0 Å². The van der Waals surface area contributed by atoms with Crippen LogP contribution in [0.3, 0.4) is 0 Å². The summed E-state index contributed by atoms with van der Waals surface area (Å²) < 4.78 is 6.38. The number of fused-ring (bicyclic) bond motifs is 1. The Kier molecular flexibility index (Phi) is 7.25. The van der Waals surface area contributed by atoms with Gasteiger partial charge in [0.2, 0.25) is 0 Å². The van der Waals surface area contributed by atoms with Gasteiger partial charge in [-0.15, -0.1) is 0 Å². The lowest BCUT2D eigenvalue weighted by Gasteiger charge is -2.38. The number of carbonyl (C=O) groups excluding carboxylic acids is 2. The summed E-state index contributed by atoms with van der Waals surface area (Å²) in [6, 6.07) is 8.04. The highest BCUT2D eigenvalue weighted by atomic mass is 16.5. The summed E-state index contributed by atoms with van der Waals surface area (Å²) in [5.74, 6) is -0.181. The molecule has 3 rings (SSSR count). The number of nitrogens with one attached hydrogen (secondary N) is 1. The van der Waals surface area contributed by atoms with Crippen LogP contribution < -0.4 is 10.1 Å². The maximum Gasteiger partial charge on any atom is 0.258 e. The highest BCUT2D eigenvalue weighted by Crippen LogP contribution is 2.35. The van der Waals surface area contributed by atoms with Gasteiger partial charge < -0.3 is 25.0 Å². The first-order valence-corrected chi connectivity index (χ1v) is 10.4. The zero-order valence-corrected chi connectivity index (χ0v) is 18.4. The predicted octanol–water partition coefficient (Wildman–Crippen LogP) is 2.12. The molecule has 0 radical (unpaired) electrons. The maximum atomic E-state index is 13.4. The summed E-state index contributed by atoms with van der Waals surface area (Å²) in [7, 11) is 3.93. The SMILES string of the molecule is C[C@H](CO)N1C[C@H](C)[C@H](CN(C)C)Oc2c(NC(=O)c3ccncc3)cccc2C1=O. The van der Waals surface area contributed by atoms with E-state index >= 15 is 0 Å². The molecule has 3 atom stereocenters. The first kappa shape index (κ1) is 22.7. The zero-order valence-electron chi connectivity index (χ0n) is 18.4. The monoisotopic (exact) mass is 426 g/mol. The molecule has 8 nitrogen and oxygen atoms in total. The van der Waals surface area contributed by atoms with Crippen molar-refractivity contribution in [2.75, 3.05) is 39.1 Å². The third-order valence-electron chi connectivity index (χ3n) is 5.43. The second-order valence-corrected chi connectivity index (χ2v) is 8.26.